The molecule has 0 bridgehead atoms. The van der Waals surface area contributed by atoms with Crippen LogP contribution >= 0.6 is 34.2 Å². The van der Waals surface area contributed by atoms with Crippen LogP contribution in [0.5, 0.6) is 17.2 Å². The van der Waals surface area contributed by atoms with E-state index in [4.69, 9.17) is 21.1 Å². The van der Waals surface area contributed by atoms with Gasteiger partial charge in [0.15, 0.2) is 18.1 Å². The maximum absolute atomic E-state index is 11.8. The van der Waals surface area contributed by atoms with Gasteiger partial charge in [0, 0.05) is 14.2 Å². The first-order valence-corrected chi connectivity index (χ1v) is 9.22. The molecule has 6 nitrogen and oxygen atoms in total. The highest BCUT2D eigenvalue weighted by molar-refractivity contribution is 14.1. The fourth-order valence-corrected chi connectivity index (χ4v) is 2.76. The van der Waals surface area contributed by atoms with Crippen molar-refractivity contribution in [2.45, 2.75) is 13.8 Å². The Hall–Kier alpha value is -2.00. The average Bonchev–Trinajstić information content (AvgIpc) is 2.60. The molecular formula is C18H18ClIN2O4. The van der Waals surface area contributed by atoms with Gasteiger partial charge in [-0.1, -0.05) is 11.6 Å². The number of benzene rings is 2. The third kappa shape index (κ3) is 5.77. The number of amides is 1. The van der Waals surface area contributed by atoms with Crippen molar-refractivity contribution in [2.75, 3.05) is 13.2 Å². The molecular weight excluding hydrogens is 471 g/mol. The second kappa shape index (κ2) is 9.63. The first kappa shape index (κ1) is 20.3. The third-order valence-electron chi connectivity index (χ3n) is 3.26. The van der Waals surface area contributed by atoms with E-state index < -0.39 is 5.91 Å². The highest BCUT2D eigenvalue weighted by Gasteiger charge is 2.09. The number of aryl methyl sites for hydroxylation is 1. The molecule has 0 aliphatic carbocycles. The van der Waals surface area contributed by atoms with Gasteiger partial charge >= 0.3 is 0 Å². The van der Waals surface area contributed by atoms with E-state index in [1.165, 1.54) is 6.21 Å². The van der Waals surface area contributed by atoms with Gasteiger partial charge in [0.2, 0.25) is 0 Å². The molecule has 0 fully saturated rings. The lowest BCUT2D eigenvalue weighted by atomic mass is 10.2. The van der Waals surface area contributed by atoms with Crippen molar-refractivity contribution in [1.29, 1.82) is 0 Å². The Morgan fingerprint density at radius 2 is 2.12 bits per heavy atom. The Morgan fingerprint density at radius 3 is 2.81 bits per heavy atom. The Morgan fingerprint density at radius 1 is 1.35 bits per heavy atom. The zero-order valence-corrected chi connectivity index (χ0v) is 17.2. The SMILES string of the molecule is CCOc1cc(I)cc(/C=N\NC(=O)COc2ccc(Cl)c(C)c2)c1O. The number of nitrogens with zero attached hydrogens (tertiary/aromatic N) is 1. The van der Waals surface area contributed by atoms with Gasteiger partial charge < -0.3 is 14.6 Å². The van der Waals surface area contributed by atoms with Crippen LogP contribution in [0.1, 0.15) is 18.1 Å². The lowest BCUT2D eigenvalue weighted by Crippen LogP contribution is -2.24. The number of aromatic hydroxyl groups is 1. The second-order valence-corrected chi connectivity index (χ2v) is 6.92. The molecule has 2 N–H and O–H groups in total. The van der Waals surface area contributed by atoms with Crippen molar-refractivity contribution in [1.82, 2.24) is 5.43 Å². The van der Waals surface area contributed by atoms with E-state index >= 15 is 0 Å². The number of halogens is 2. The van der Waals surface area contributed by atoms with Gasteiger partial charge in [0.05, 0.1) is 12.8 Å². The summed E-state index contributed by atoms with van der Waals surface area (Å²) in [5, 5.41) is 14.6. The number of carbonyl (C=O) groups excluding carboxylic acids is 1. The Bertz CT molecular complexity index is 827. The Kier molecular flexibility index (Phi) is 7.52. The van der Waals surface area contributed by atoms with Crippen molar-refractivity contribution in [3.63, 3.8) is 0 Å². The summed E-state index contributed by atoms with van der Waals surface area (Å²) < 4.78 is 11.6. The van der Waals surface area contributed by atoms with Crippen LogP contribution in [0.3, 0.4) is 0 Å². The van der Waals surface area contributed by atoms with Crippen LogP contribution in [0.15, 0.2) is 35.4 Å². The molecule has 8 heteroatoms. The van der Waals surface area contributed by atoms with Gasteiger partial charge in [0.1, 0.15) is 5.75 Å². The number of nitrogens with one attached hydrogen (secondary N) is 1. The van der Waals surface area contributed by atoms with Crippen LogP contribution in [0.25, 0.3) is 0 Å². The minimum Gasteiger partial charge on any atom is -0.504 e. The van der Waals surface area contributed by atoms with Crippen molar-refractivity contribution >= 4 is 46.3 Å². The van der Waals surface area contributed by atoms with E-state index in [1.54, 1.807) is 30.3 Å². The summed E-state index contributed by atoms with van der Waals surface area (Å²) in [5.74, 6) is 0.457. The standard InChI is InChI=1S/C18H18ClIN2O4/c1-3-25-16-8-13(20)7-12(18(16)24)9-21-22-17(23)10-26-14-4-5-15(19)11(2)6-14/h4-9,24H,3,10H2,1-2H3,(H,22,23)/b21-9-. The number of hydrogen-bond acceptors (Lipinski definition) is 5. The van der Waals surface area contributed by atoms with Crippen LogP contribution < -0.4 is 14.9 Å². The fraction of sp³-hybridized carbons (Fsp3) is 0.222. The number of hydrogen-bond donors (Lipinski definition) is 2. The number of carbonyl (C=O) groups is 1. The van der Waals surface area contributed by atoms with Crippen molar-refractivity contribution in [3.05, 3.63) is 50.1 Å². The molecule has 2 aromatic carbocycles. The summed E-state index contributed by atoms with van der Waals surface area (Å²) in [7, 11) is 0. The minimum atomic E-state index is -0.427. The van der Waals surface area contributed by atoms with Gasteiger partial charge in [-0.25, -0.2) is 5.43 Å². The van der Waals surface area contributed by atoms with Crippen LogP contribution in [0.2, 0.25) is 5.02 Å². The number of hydrazone groups is 1. The Balaban J connectivity index is 1.93. The maximum atomic E-state index is 11.8. The van der Waals surface area contributed by atoms with Gasteiger partial charge in [-0.2, -0.15) is 5.10 Å². The lowest BCUT2D eigenvalue weighted by Gasteiger charge is -2.09. The fourth-order valence-electron chi connectivity index (χ4n) is 2.02. The monoisotopic (exact) mass is 488 g/mol. The van der Waals surface area contributed by atoms with Crippen LogP contribution in [0, 0.1) is 10.5 Å². The molecule has 0 aromatic heterocycles. The summed E-state index contributed by atoms with van der Waals surface area (Å²) in [6.07, 6.45) is 1.35. The van der Waals surface area contributed by atoms with Crippen molar-refractivity contribution in [3.8, 4) is 17.2 Å². The largest absolute Gasteiger partial charge is 0.504 e. The number of ether oxygens (including phenoxy) is 2. The second-order valence-electron chi connectivity index (χ2n) is 5.27. The molecule has 0 saturated carbocycles. The maximum Gasteiger partial charge on any atom is 0.277 e. The predicted octanol–water partition coefficient (Wildman–Crippen LogP) is 3.89. The topological polar surface area (TPSA) is 80.2 Å². The van der Waals surface area contributed by atoms with E-state index in [9.17, 15) is 9.90 Å². The molecule has 0 heterocycles. The highest BCUT2D eigenvalue weighted by atomic mass is 127. The van der Waals surface area contributed by atoms with E-state index in [1.807, 2.05) is 13.8 Å². The molecule has 0 aliphatic heterocycles. The molecule has 0 radical (unpaired) electrons. The summed E-state index contributed by atoms with van der Waals surface area (Å²) in [4.78, 5) is 11.8. The molecule has 0 saturated heterocycles. The average molecular weight is 489 g/mol. The molecule has 2 aromatic rings. The highest BCUT2D eigenvalue weighted by Crippen LogP contribution is 2.31. The van der Waals surface area contributed by atoms with E-state index in [0.29, 0.717) is 28.7 Å². The zero-order valence-electron chi connectivity index (χ0n) is 14.3. The summed E-state index contributed by atoms with van der Waals surface area (Å²) in [5.41, 5.74) is 3.65. The molecule has 138 valence electrons. The molecule has 26 heavy (non-hydrogen) atoms. The van der Waals surface area contributed by atoms with Crippen molar-refractivity contribution in [2.24, 2.45) is 5.10 Å². The third-order valence-corrected chi connectivity index (χ3v) is 4.31. The normalized spacial score (nSPS) is 10.8. The first-order chi connectivity index (χ1) is 12.4. The lowest BCUT2D eigenvalue weighted by molar-refractivity contribution is -0.123. The first-order valence-electron chi connectivity index (χ1n) is 7.77. The van der Waals surface area contributed by atoms with Gasteiger partial charge in [-0.3, -0.25) is 4.79 Å². The van der Waals surface area contributed by atoms with Gasteiger partial charge in [-0.15, -0.1) is 0 Å². The van der Waals surface area contributed by atoms with Crippen LogP contribution in [-0.2, 0) is 4.79 Å². The van der Waals surface area contributed by atoms with E-state index in [2.05, 4.69) is 33.1 Å². The summed E-state index contributed by atoms with van der Waals surface area (Å²) in [6.45, 7) is 3.92. The number of phenolic OH excluding ortho intramolecular Hbond substituents is 1. The quantitative estimate of drug-likeness (QED) is 0.352. The molecule has 2 rings (SSSR count). The van der Waals surface area contributed by atoms with Crippen molar-refractivity contribution < 1.29 is 19.4 Å². The van der Waals surface area contributed by atoms with Gasteiger partial charge in [0.25, 0.3) is 5.91 Å². The molecule has 0 unspecified atom stereocenters. The number of phenols is 1. The zero-order chi connectivity index (χ0) is 19.1. The summed E-state index contributed by atoms with van der Waals surface area (Å²) in [6, 6.07) is 8.58. The minimum absolute atomic E-state index is 0.0295. The van der Waals surface area contributed by atoms with E-state index in [-0.39, 0.29) is 12.4 Å². The van der Waals surface area contributed by atoms with Crippen LogP contribution in [-0.4, -0.2) is 30.4 Å². The summed E-state index contributed by atoms with van der Waals surface area (Å²) >= 11 is 8.05. The molecule has 0 spiro atoms. The van der Waals surface area contributed by atoms with Gasteiger partial charge in [-0.05, 0) is 72.3 Å². The molecule has 0 atom stereocenters. The van der Waals surface area contributed by atoms with Crippen LogP contribution in [0.4, 0.5) is 0 Å². The molecule has 1 amide bonds. The number of rotatable bonds is 7. The predicted molar refractivity (Wildman–Crippen MR) is 109 cm³/mol. The van der Waals surface area contributed by atoms with E-state index in [0.717, 1.165) is 9.13 Å². The smallest absolute Gasteiger partial charge is 0.277 e. The Labute approximate surface area is 170 Å². The molecule has 0 aliphatic rings.